The minimum absolute atomic E-state index is 0.586. The van der Waals surface area contributed by atoms with Gasteiger partial charge in [0.15, 0.2) is 11.5 Å². The third kappa shape index (κ3) is 4.91. The first-order chi connectivity index (χ1) is 13.6. The highest BCUT2D eigenvalue weighted by atomic mass is 16.5. The summed E-state index contributed by atoms with van der Waals surface area (Å²) < 4.78 is 10.6. The van der Waals surface area contributed by atoms with Crippen LogP contribution in [0.15, 0.2) is 48.5 Å². The van der Waals surface area contributed by atoms with E-state index in [4.69, 9.17) is 9.47 Å². The second kappa shape index (κ2) is 9.08. The van der Waals surface area contributed by atoms with E-state index in [1.54, 1.807) is 14.2 Å². The van der Waals surface area contributed by atoms with Gasteiger partial charge in [-0.25, -0.2) is 4.98 Å². The number of methoxy groups -OCH3 is 2. The van der Waals surface area contributed by atoms with Crippen molar-refractivity contribution in [1.82, 2.24) is 9.97 Å². The largest absolute Gasteiger partial charge is 0.493 e. The summed E-state index contributed by atoms with van der Waals surface area (Å²) in [6.07, 6.45) is 0.837. The van der Waals surface area contributed by atoms with Crippen LogP contribution < -0.4 is 20.1 Å². The summed E-state index contributed by atoms with van der Waals surface area (Å²) in [5.74, 6) is 2.85. The second-order valence-corrected chi connectivity index (χ2v) is 6.52. The Bertz CT molecular complexity index is 944. The van der Waals surface area contributed by atoms with Crippen molar-refractivity contribution in [2.24, 2.45) is 0 Å². The summed E-state index contributed by atoms with van der Waals surface area (Å²) in [6.45, 7) is 4.76. The van der Waals surface area contributed by atoms with E-state index in [2.05, 4.69) is 33.6 Å². The summed E-state index contributed by atoms with van der Waals surface area (Å²) >= 11 is 0. The van der Waals surface area contributed by atoms with Crippen LogP contribution in [0.4, 0.5) is 17.5 Å². The number of anilines is 3. The normalized spacial score (nSPS) is 10.4. The number of ether oxygens (including phenoxy) is 2. The SMILES string of the molecule is COc1ccc(CCNc2cc(C)nc(Nc3ccccc3C)n2)cc1OC. The summed E-state index contributed by atoms with van der Waals surface area (Å²) in [7, 11) is 3.28. The predicted molar refractivity (Wildman–Crippen MR) is 113 cm³/mol. The molecule has 1 heterocycles. The van der Waals surface area contributed by atoms with Crippen molar-refractivity contribution in [3.8, 4) is 11.5 Å². The molecule has 2 N–H and O–H groups in total. The zero-order chi connectivity index (χ0) is 19.9. The fourth-order valence-electron chi connectivity index (χ4n) is 2.92. The maximum Gasteiger partial charge on any atom is 0.229 e. The lowest BCUT2D eigenvalue weighted by Crippen LogP contribution is -2.09. The Morgan fingerprint density at radius 1 is 0.893 bits per heavy atom. The summed E-state index contributed by atoms with van der Waals surface area (Å²) in [5, 5.41) is 6.67. The van der Waals surface area contributed by atoms with E-state index in [1.807, 2.05) is 49.4 Å². The zero-order valence-electron chi connectivity index (χ0n) is 16.7. The number of nitrogens with one attached hydrogen (secondary N) is 2. The number of rotatable bonds is 8. The predicted octanol–water partition coefficient (Wildman–Crippen LogP) is 4.51. The average molecular weight is 378 g/mol. The molecule has 0 fully saturated rings. The molecule has 0 atom stereocenters. The fraction of sp³-hybridized carbons (Fsp3) is 0.273. The molecule has 3 rings (SSSR count). The van der Waals surface area contributed by atoms with Crippen LogP contribution in [0.3, 0.4) is 0 Å². The Morgan fingerprint density at radius 3 is 2.43 bits per heavy atom. The Morgan fingerprint density at radius 2 is 1.68 bits per heavy atom. The molecule has 0 unspecified atom stereocenters. The second-order valence-electron chi connectivity index (χ2n) is 6.52. The molecule has 0 aliphatic heterocycles. The van der Waals surface area contributed by atoms with Gasteiger partial charge in [0, 0.05) is 24.0 Å². The minimum Gasteiger partial charge on any atom is -0.493 e. The number of benzene rings is 2. The van der Waals surface area contributed by atoms with E-state index in [0.717, 1.165) is 52.8 Å². The van der Waals surface area contributed by atoms with Crippen molar-refractivity contribution in [2.75, 3.05) is 31.4 Å². The number of hydrogen-bond acceptors (Lipinski definition) is 6. The first kappa shape index (κ1) is 19.5. The van der Waals surface area contributed by atoms with Crippen LogP contribution in [0.1, 0.15) is 16.8 Å². The molecule has 0 spiro atoms. The third-order valence-electron chi connectivity index (χ3n) is 4.41. The monoisotopic (exact) mass is 378 g/mol. The molecule has 0 saturated heterocycles. The minimum atomic E-state index is 0.586. The van der Waals surface area contributed by atoms with E-state index in [9.17, 15) is 0 Å². The Labute approximate surface area is 166 Å². The highest BCUT2D eigenvalue weighted by molar-refractivity contribution is 5.59. The van der Waals surface area contributed by atoms with Gasteiger partial charge in [0.05, 0.1) is 14.2 Å². The number of aryl methyl sites for hydroxylation is 2. The van der Waals surface area contributed by atoms with Crippen LogP contribution in [0.25, 0.3) is 0 Å². The van der Waals surface area contributed by atoms with Gasteiger partial charge in [-0.1, -0.05) is 24.3 Å². The van der Waals surface area contributed by atoms with Crippen LogP contribution in [0.2, 0.25) is 0 Å². The van der Waals surface area contributed by atoms with E-state index >= 15 is 0 Å². The molecule has 28 heavy (non-hydrogen) atoms. The lowest BCUT2D eigenvalue weighted by Gasteiger charge is -2.12. The Kier molecular flexibility index (Phi) is 6.32. The molecule has 0 amide bonds. The Balaban J connectivity index is 1.65. The molecule has 6 heteroatoms. The molecule has 1 aromatic heterocycles. The highest BCUT2D eigenvalue weighted by Crippen LogP contribution is 2.27. The van der Waals surface area contributed by atoms with Gasteiger partial charge >= 0.3 is 0 Å². The number of nitrogens with zero attached hydrogens (tertiary/aromatic N) is 2. The van der Waals surface area contributed by atoms with E-state index in [0.29, 0.717) is 5.95 Å². The molecule has 3 aromatic rings. The zero-order valence-corrected chi connectivity index (χ0v) is 16.7. The highest BCUT2D eigenvalue weighted by Gasteiger charge is 2.06. The summed E-state index contributed by atoms with van der Waals surface area (Å²) in [4.78, 5) is 9.07. The van der Waals surface area contributed by atoms with Crippen molar-refractivity contribution in [3.63, 3.8) is 0 Å². The molecule has 0 aliphatic carbocycles. The van der Waals surface area contributed by atoms with Crippen LogP contribution >= 0.6 is 0 Å². The Hall–Kier alpha value is -3.28. The van der Waals surface area contributed by atoms with Crippen LogP contribution in [-0.2, 0) is 6.42 Å². The van der Waals surface area contributed by atoms with Gasteiger partial charge in [0.2, 0.25) is 5.95 Å². The van der Waals surface area contributed by atoms with Gasteiger partial charge in [-0.3, -0.25) is 0 Å². The quantitative estimate of drug-likeness (QED) is 0.601. The van der Waals surface area contributed by atoms with Crippen molar-refractivity contribution >= 4 is 17.5 Å². The number of para-hydroxylation sites is 1. The van der Waals surface area contributed by atoms with Gasteiger partial charge in [0.25, 0.3) is 0 Å². The first-order valence-corrected chi connectivity index (χ1v) is 9.22. The van der Waals surface area contributed by atoms with Gasteiger partial charge < -0.3 is 20.1 Å². The van der Waals surface area contributed by atoms with E-state index < -0.39 is 0 Å². The standard InChI is InChI=1S/C22H26N4O2/c1-15-7-5-6-8-18(15)25-22-24-16(2)13-21(26-22)23-12-11-17-9-10-19(27-3)20(14-17)28-4/h5-10,13-14H,11-12H2,1-4H3,(H2,23,24,25,26). The molecule has 0 bridgehead atoms. The molecule has 0 radical (unpaired) electrons. The van der Waals surface area contributed by atoms with Crippen LogP contribution in [0.5, 0.6) is 11.5 Å². The summed E-state index contributed by atoms with van der Waals surface area (Å²) in [6, 6.07) is 16.0. The van der Waals surface area contributed by atoms with Crippen LogP contribution in [-0.4, -0.2) is 30.7 Å². The topological polar surface area (TPSA) is 68.3 Å². The average Bonchev–Trinajstić information content (AvgIpc) is 2.69. The van der Waals surface area contributed by atoms with Crippen LogP contribution in [0, 0.1) is 13.8 Å². The maximum absolute atomic E-state index is 5.36. The molecule has 6 nitrogen and oxygen atoms in total. The lowest BCUT2D eigenvalue weighted by atomic mass is 10.1. The third-order valence-corrected chi connectivity index (χ3v) is 4.41. The van der Waals surface area contributed by atoms with Crippen molar-refractivity contribution in [3.05, 3.63) is 65.4 Å². The first-order valence-electron chi connectivity index (χ1n) is 9.22. The molecule has 0 saturated carbocycles. The van der Waals surface area contributed by atoms with Gasteiger partial charge in [-0.05, 0) is 49.6 Å². The smallest absolute Gasteiger partial charge is 0.229 e. The maximum atomic E-state index is 5.36. The van der Waals surface area contributed by atoms with Gasteiger partial charge in [-0.15, -0.1) is 0 Å². The fourth-order valence-corrected chi connectivity index (χ4v) is 2.92. The van der Waals surface area contributed by atoms with Gasteiger partial charge in [0.1, 0.15) is 5.82 Å². The van der Waals surface area contributed by atoms with Crippen molar-refractivity contribution in [1.29, 1.82) is 0 Å². The molecule has 146 valence electrons. The van der Waals surface area contributed by atoms with Crippen molar-refractivity contribution in [2.45, 2.75) is 20.3 Å². The molecular formula is C22H26N4O2. The number of hydrogen-bond donors (Lipinski definition) is 2. The number of aromatic nitrogens is 2. The summed E-state index contributed by atoms with van der Waals surface area (Å²) in [5.41, 5.74) is 4.22. The van der Waals surface area contributed by atoms with Crippen molar-refractivity contribution < 1.29 is 9.47 Å². The molecule has 2 aromatic carbocycles. The molecular weight excluding hydrogens is 352 g/mol. The van der Waals surface area contributed by atoms with Gasteiger partial charge in [-0.2, -0.15) is 4.98 Å². The lowest BCUT2D eigenvalue weighted by molar-refractivity contribution is 0.354. The van der Waals surface area contributed by atoms with E-state index in [1.165, 1.54) is 0 Å². The van der Waals surface area contributed by atoms with E-state index in [-0.39, 0.29) is 0 Å². The molecule has 0 aliphatic rings.